The summed E-state index contributed by atoms with van der Waals surface area (Å²) in [6, 6.07) is 6.42. The predicted molar refractivity (Wildman–Crippen MR) is 131 cm³/mol. The van der Waals surface area contributed by atoms with Crippen molar-refractivity contribution in [1.82, 2.24) is 23.8 Å². The van der Waals surface area contributed by atoms with Crippen molar-refractivity contribution in [2.75, 3.05) is 31.3 Å². The standard InChI is InChI=1S/C22H31AsN6OS/c1-23(2)9-13-30-16-28-12-8-19-22(28)25-14-20(27-19)18-7-4-10-24-21(18)26-17-6-5-11-29(15-17)31-3/h4,7-8,10,12,14,17H,5-6,9,11,13,15-16H2,1-3H3,(H,24,26)/t17-/m0/s1. The third-order valence-electron chi connectivity index (χ3n) is 5.44. The van der Waals surface area contributed by atoms with Gasteiger partial charge < -0.3 is 0 Å². The topological polar surface area (TPSA) is 68.1 Å². The second-order valence-electron chi connectivity index (χ2n) is 8.04. The van der Waals surface area contributed by atoms with E-state index in [1.54, 1.807) is 0 Å². The van der Waals surface area contributed by atoms with Crippen LogP contribution in [0.5, 0.6) is 0 Å². The number of hydrogen-bond donors (Lipinski definition) is 1. The molecule has 0 bridgehead atoms. The van der Waals surface area contributed by atoms with Crippen LogP contribution in [-0.4, -0.2) is 70.5 Å². The van der Waals surface area contributed by atoms with Crippen LogP contribution in [0.3, 0.4) is 0 Å². The second kappa shape index (κ2) is 10.8. The van der Waals surface area contributed by atoms with E-state index in [1.807, 2.05) is 47.2 Å². The van der Waals surface area contributed by atoms with Crippen molar-refractivity contribution in [2.24, 2.45) is 0 Å². The number of ether oxygens (including phenoxy) is 1. The average molecular weight is 503 g/mol. The van der Waals surface area contributed by atoms with E-state index in [0.29, 0.717) is 12.8 Å². The van der Waals surface area contributed by atoms with Crippen LogP contribution >= 0.6 is 11.9 Å². The van der Waals surface area contributed by atoms with Crippen LogP contribution in [0.2, 0.25) is 16.6 Å². The minimum Gasteiger partial charge on any atom is 0.0292 e. The Hall–Kier alpha value is -1.60. The zero-order valence-corrected chi connectivity index (χ0v) is 21.2. The molecule has 0 aromatic carbocycles. The van der Waals surface area contributed by atoms with Gasteiger partial charge in [0.2, 0.25) is 0 Å². The second-order valence-corrected chi connectivity index (χ2v) is 14.4. The first-order chi connectivity index (χ1) is 15.1. The molecule has 1 fully saturated rings. The van der Waals surface area contributed by atoms with Gasteiger partial charge in [-0.3, -0.25) is 0 Å². The van der Waals surface area contributed by atoms with Crippen molar-refractivity contribution in [2.45, 2.75) is 42.2 Å². The van der Waals surface area contributed by atoms with Gasteiger partial charge in [-0.25, -0.2) is 4.31 Å². The van der Waals surface area contributed by atoms with Crippen molar-refractivity contribution in [3.05, 3.63) is 36.8 Å². The molecule has 0 spiro atoms. The summed E-state index contributed by atoms with van der Waals surface area (Å²) in [5.74, 6) is 0.880. The van der Waals surface area contributed by atoms with Crippen molar-refractivity contribution in [1.29, 1.82) is 0 Å². The summed E-state index contributed by atoms with van der Waals surface area (Å²) in [5.41, 5.74) is 8.26. The molecule has 3 aromatic rings. The molecule has 0 aliphatic carbocycles. The average Bonchev–Trinajstić information content (AvgIpc) is 3.19. The van der Waals surface area contributed by atoms with E-state index in [0.717, 1.165) is 54.4 Å². The number of nitrogens with zero attached hydrogens (tertiary/aromatic N) is 5. The third-order valence-corrected chi connectivity index (χ3v) is 8.55. The Labute approximate surface area is 193 Å². The van der Waals surface area contributed by atoms with Crippen LogP contribution in [-0.2, 0) is 11.5 Å². The molecule has 4 rings (SSSR count). The van der Waals surface area contributed by atoms with Crippen molar-refractivity contribution in [3.8, 4) is 11.3 Å². The Morgan fingerprint density at radius 3 is 3.03 bits per heavy atom. The van der Waals surface area contributed by atoms with Gasteiger partial charge in [-0.05, 0) is 19.1 Å². The fraction of sp³-hybridized carbons (Fsp3) is 0.500. The Bertz CT molecular complexity index is 997. The Kier molecular flexibility index (Phi) is 7.88. The van der Waals surface area contributed by atoms with E-state index in [1.165, 1.54) is 11.6 Å². The number of rotatable bonds is 9. The van der Waals surface area contributed by atoms with E-state index in [-0.39, 0.29) is 0 Å². The number of pyridine rings is 1. The molecular weight excluding hydrogens is 471 g/mol. The third kappa shape index (κ3) is 5.80. The Balaban J connectivity index is 1.50. The van der Waals surface area contributed by atoms with Gasteiger partial charge in [-0.2, -0.15) is 0 Å². The summed E-state index contributed by atoms with van der Waals surface area (Å²) >= 11 is 1.18. The van der Waals surface area contributed by atoms with Gasteiger partial charge in [0.05, 0.1) is 0 Å². The molecule has 4 heterocycles. The van der Waals surface area contributed by atoms with Crippen LogP contribution in [0.25, 0.3) is 22.4 Å². The van der Waals surface area contributed by atoms with Gasteiger partial charge in [0.15, 0.2) is 0 Å². The number of aromatic nitrogens is 4. The first-order valence-corrected chi connectivity index (χ1v) is 17.0. The smallest absolute Gasteiger partial charge is 0.0292 e. The molecule has 1 atom stereocenters. The van der Waals surface area contributed by atoms with Gasteiger partial charge in [0.1, 0.15) is 0 Å². The molecule has 1 N–H and O–H groups in total. The molecule has 7 nitrogen and oxygen atoms in total. The minimum atomic E-state index is -0.636. The summed E-state index contributed by atoms with van der Waals surface area (Å²) < 4.78 is 10.3. The minimum absolute atomic E-state index is 0.388. The molecule has 0 saturated carbocycles. The van der Waals surface area contributed by atoms with Crippen molar-refractivity contribution < 1.29 is 4.74 Å². The van der Waals surface area contributed by atoms with Crippen molar-refractivity contribution in [3.63, 3.8) is 0 Å². The van der Waals surface area contributed by atoms with Gasteiger partial charge >= 0.3 is 133 Å². The van der Waals surface area contributed by atoms with Crippen LogP contribution in [0.15, 0.2) is 36.8 Å². The van der Waals surface area contributed by atoms with E-state index in [2.05, 4.69) is 38.4 Å². The number of piperidine rings is 1. The van der Waals surface area contributed by atoms with Gasteiger partial charge in [0, 0.05) is 25.3 Å². The summed E-state index contributed by atoms with van der Waals surface area (Å²) in [6.45, 7) is 3.51. The summed E-state index contributed by atoms with van der Waals surface area (Å²) in [7, 11) is 0. The first-order valence-electron chi connectivity index (χ1n) is 10.7. The number of anilines is 1. The van der Waals surface area contributed by atoms with Crippen LogP contribution < -0.4 is 5.32 Å². The van der Waals surface area contributed by atoms with Crippen LogP contribution in [0.4, 0.5) is 5.82 Å². The maximum atomic E-state index is 5.84. The molecule has 0 radical (unpaired) electrons. The zero-order chi connectivity index (χ0) is 21.6. The maximum absolute atomic E-state index is 5.84. The molecule has 166 valence electrons. The van der Waals surface area contributed by atoms with E-state index in [9.17, 15) is 0 Å². The monoisotopic (exact) mass is 502 g/mol. The van der Waals surface area contributed by atoms with Gasteiger partial charge in [-0.15, -0.1) is 0 Å². The Morgan fingerprint density at radius 1 is 1.29 bits per heavy atom. The maximum Gasteiger partial charge on any atom is 0.0292 e. The molecule has 9 heteroatoms. The van der Waals surface area contributed by atoms with Crippen LogP contribution in [0.1, 0.15) is 12.8 Å². The molecule has 1 saturated heterocycles. The number of hydrogen-bond acceptors (Lipinski definition) is 7. The molecule has 0 amide bonds. The van der Waals surface area contributed by atoms with Gasteiger partial charge in [-0.1, -0.05) is 11.9 Å². The first kappa shape index (κ1) is 22.6. The number of fused-ring (bicyclic) bond motifs is 1. The van der Waals surface area contributed by atoms with E-state index < -0.39 is 14.7 Å². The predicted octanol–water partition coefficient (Wildman–Crippen LogP) is 4.38. The molecule has 1 aliphatic rings. The summed E-state index contributed by atoms with van der Waals surface area (Å²) in [4.78, 5) is 14.2. The van der Waals surface area contributed by atoms with Crippen molar-refractivity contribution >= 4 is 43.6 Å². The molecular formula is C22H31AsN6OS. The Morgan fingerprint density at radius 2 is 2.19 bits per heavy atom. The fourth-order valence-corrected chi connectivity index (χ4v) is 5.43. The number of nitrogens with one attached hydrogen (secondary N) is 1. The largest absolute Gasteiger partial charge is 0.0292 e. The molecule has 3 aromatic heterocycles. The molecule has 1 aliphatic heterocycles. The fourth-order valence-electron chi connectivity index (χ4n) is 3.75. The SMILES string of the molecule is CSN1CCC[C@H](Nc2ncccc2-c2cnc3c(ccn3COCC[As](C)C)n2)C1. The normalized spacial score (nSPS) is 17.5. The van der Waals surface area contributed by atoms with E-state index in [4.69, 9.17) is 14.7 Å². The zero-order valence-electron chi connectivity index (χ0n) is 18.5. The summed E-state index contributed by atoms with van der Waals surface area (Å²) in [5, 5.41) is 4.86. The van der Waals surface area contributed by atoms with Crippen LogP contribution in [0, 0.1) is 0 Å². The van der Waals surface area contributed by atoms with E-state index >= 15 is 0 Å². The quantitative estimate of drug-likeness (QED) is 0.265. The molecule has 0 unspecified atom stereocenters. The summed E-state index contributed by atoms with van der Waals surface area (Å²) in [6.07, 6.45) is 10.2. The van der Waals surface area contributed by atoms with Gasteiger partial charge in [0.25, 0.3) is 0 Å². The molecule has 31 heavy (non-hydrogen) atoms.